The van der Waals surface area contributed by atoms with E-state index in [-0.39, 0.29) is 6.92 Å². The van der Waals surface area contributed by atoms with Crippen LogP contribution in [0, 0.1) is 0 Å². The Hall–Kier alpha value is -1.31. The third-order valence-corrected chi connectivity index (χ3v) is 5.03. The van der Waals surface area contributed by atoms with Crippen LogP contribution in [0.4, 0.5) is 74.6 Å². The van der Waals surface area contributed by atoms with Crippen LogP contribution < -0.4 is 0 Å². The van der Waals surface area contributed by atoms with Crippen molar-refractivity contribution in [3.8, 4) is 0 Å². The van der Waals surface area contributed by atoms with Crippen molar-refractivity contribution >= 4 is 0 Å². The molecule has 0 saturated heterocycles. The van der Waals surface area contributed by atoms with Gasteiger partial charge in [0.2, 0.25) is 0 Å². The number of alkyl halides is 17. The molecule has 0 fully saturated rings. The average Bonchev–Trinajstić information content (AvgIpc) is 2.63. The highest BCUT2D eigenvalue weighted by atomic mass is 19.4. The van der Waals surface area contributed by atoms with E-state index in [0.717, 1.165) is 0 Å². The summed E-state index contributed by atoms with van der Waals surface area (Å²) < 4.78 is 234. The highest BCUT2D eigenvalue weighted by molar-refractivity contribution is 5.08. The first kappa shape index (κ1) is 34.7. The van der Waals surface area contributed by atoms with Gasteiger partial charge in [0.15, 0.2) is 5.67 Å². The van der Waals surface area contributed by atoms with Crippen LogP contribution in [0.25, 0.3) is 0 Å². The Bertz CT molecular complexity index is 742. The van der Waals surface area contributed by atoms with Gasteiger partial charge < -0.3 is 14.6 Å². The summed E-state index contributed by atoms with van der Waals surface area (Å²) in [5.41, 5.74) is -11.0. The Morgan fingerprint density at radius 2 is 0.889 bits per heavy atom. The standard InChI is InChI=1S/C16H17F17O3/c1-5-8(4,17)15(30,31)35-7(3)10(20,21)12(22,23)16(32,33)36-6(2)9(18,19)11(34,13(24,25)26)14(27,28)29/h6-7,34H,5H2,1-4H3. The van der Waals surface area contributed by atoms with Crippen molar-refractivity contribution < 1.29 is 89.2 Å². The molecule has 36 heavy (non-hydrogen) atoms. The van der Waals surface area contributed by atoms with E-state index >= 15 is 0 Å². The monoisotopic (exact) mass is 580 g/mol. The Labute approximate surface area is 190 Å². The van der Waals surface area contributed by atoms with Gasteiger partial charge in [0.25, 0.3) is 0 Å². The minimum absolute atomic E-state index is 0.0277. The van der Waals surface area contributed by atoms with Crippen LogP contribution in [0.1, 0.15) is 34.1 Å². The molecular weight excluding hydrogens is 563 g/mol. The topological polar surface area (TPSA) is 38.7 Å². The zero-order valence-electron chi connectivity index (χ0n) is 18.1. The molecule has 20 heteroatoms. The highest BCUT2D eigenvalue weighted by Crippen LogP contribution is 2.56. The van der Waals surface area contributed by atoms with E-state index < -0.39 is 86.1 Å². The van der Waals surface area contributed by atoms with E-state index in [1.807, 2.05) is 0 Å². The fourth-order valence-corrected chi connectivity index (χ4v) is 2.28. The van der Waals surface area contributed by atoms with Crippen LogP contribution in [-0.2, 0) is 9.47 Å². The van der Waals surface area contributed by atoms with Crippen LogP contribution in [0.15, 0.2) is 0 Å². The average molecular weight is 580 g/mol. The van der Waals surface area contributed by atoms with Gasteiger partial charge in [-0.15, -0.1) is 0 Å². The van der Waals surface area contributed by atoms with Gasteiger partial charge in [-0.25, -0.2) is 4.39 Å². The summed E-state index contributed by atoms with van der Waals surface area (Å²) in [4.78, 5) is 0. The molecule has 0 amide bonds. The lowest BCUT2D eigenvalue weighted by molar-refractivity contribution is -0.466. The van der Waals surface area contributed by atoms with Crippen LogP contribution in [0.5, 0.6) is 0 Å². The molecule has 3 atom stereocenters. The Balaban J connectivity index is 6.32. The second-order valence-electron chi connectivity index (χ2n) is 7.63. The number of hydrogen-bond donors (Lipinski definition) is 1. The van der Waals surface area contributed by atoms with Crippen LogP contribution in [0.3, 0.4) is 0 Å². The van der Waals surface area contributed by atoms with Crippen LogP contribution in [0.2, 0.25) is 0 Å². The maximum atomic E-state index is 14.0. The molecule has 0 aliphatic carbocycles. The summed E-state index contributed by atoms with van der Waals surface area (Å²) in [5, 5.41) is 8.66. The summed E-state index contributed by atoms with van der Waals surface area (Å²) in [6, 6.07) is 0. The molecule has 0 saturated carbocycles. The van der Waals surface area contributed by atoms with Crippen molar-refractivity contribution in [3.05, 3.63) is 0 Å². The van der Waals surface area contributed by atoms with Gasteiger partial charge in [0.05, 0.1) is 0 Å². The second kappa shape index (κ2) is 9.46. The van der Waals surface area contributed by atoms with Gasteiger partial charge in [0, 0.05) is 0 Å². The number of halogens is 17. The largest absolute Gasteiger partial charge is 0.432 e. The normalized spacial score (nSPS) is 19.2. The van der Waals surface area contributed by atoms with Gasteiger partial charge in [-0.2, -0.15) is 70.2 Å². The minimum atomic E-state index is -7.40. The van der Waals surface area contributed by atoms with E-state index in [1.165, 1.54) is 0 Å². The summed E-state index contributed by atoms with van der Waals surface area (Å²) in [6.45, 7) is -0.552. The molecule has 3 nitrogen and oxygen atoms in total. The van der Waals surface area contributed by atoms with Crippen molar-refractivity contribution in [2.45, 2.75) is 99.9 Å². The van der Waals surface area contributed by atoms with Gasteiger partial charge in [-0.1, -0.05) is 6.92 Å². The molecule has 0 aromatic carbocycles. The van der Waals surface area contributed by atoms with Crippen molar-refractivity contribution in [1.82, 2.24) is 0 Å². The molecule has 3 unspecified atom stereocenters. The molecule has 0 bridgehead atoms. The highest BCUT2D eigenvalue weighted by Gasteiger charge is 2.85. The zero-order valence-corrected chi connectivity index (χ0v) is 18.1. The van der Waals surface area contributed by atoms with Crippen molar-refractivity contribution in [2.24, 2.45) is 0 Å². The molecule has 0 heterocycles. The Morgan fingerprint density at radius 1 is 0.583 bits per heavy atom. The van der Waals surface area contributed by atoms with Crippen molar-refractivity contribution in [1.29, 1.82) is 0 Å². The van der Waals surface area contributed by atoms with E-state index in [1.54, 1.807) is 0 Å². The SMILES string of the molecule is CCC(C)(F)C(F)(F)OC(C)C(F)(F)C(F)(F)C(F)(F)OC(C)C(F)(F)C(O)(C(F)(F)F)C(F)(F)F. The van der Waals surface area contributed by atoms with Crippen LogP contribution >= 0.6 is 0 Å². The van der Waals surface area contributed by atoms with Crippen molar-refractivity contribution in [3.63, 3.8) is 0 Å². The summed E-state index contributed by atoms with van der Waals surface area (Å²) in [6.07, 6.45) is -37.3. The number of aliphatic hydroxyl groups is 1. The molecule has 0 radical (unpaired) electrons. The molecule has 1 N–H and O–H groups in total. The summed E-state index contributed by atoms with van der Waals surface area (Å²) >= 11 is 0. The summed E-state index contributed by atoms with van der Waals surface area (Å²) in [5.74, 6) is -20.8. The van der Waals surface area contributed by atoms with Gasteiger partial charge in [0.1, 0.15) is 12.2 Å². The van der Waals surface area contributed by atoms with Gasteiger partial charge in [-0.3, -0.25) is 0 Å². The first-order valence-electron chi connectivity index (χ1n) is 9.11. The lowest BCUT2D eigenvalue weighted by Crippen LogP contribution is -2.72. The zero-order chi connectivity index (χ0) is 29.8. The molecule has 218 valence electrons. The van der Waals surface area contributed by atoms with E-state index in [4.69, 9.17) is 5.11 Å². The van der Waals surface area contributed by atoms with Gasteiger partial charge in [-0.05, 0) is 27.2 Å². The number of hydrogen-bond acceptors (Lipinski definition) is 3. The Morgan fingerprint density at radius 3 is 1.19 bits per heavy atom. The maximum absolute atomic E-state index is 14.0. The van der Waals surface area contributed by atoms with Gasteiger partial charge >= 0.3 is 47.9 Å². The molecule has 0 aromatic rings. The quantitative estimate of drug-likeness (QED) is 0.271. The van der Waals surface area contributed by atoms with Crippen molar-refractivity contribution in [2.75, 3.05) is 0 Å². The predicted molar refractivity (Wildman–Crippen MR) is 82.7 cm³/mol. The third-order valence-electron chi connectivity index (χ3n) is 5.03. The molecule has 0 rings (SSSR count). The first-order chi connectivity index (χ1) is 15.3. The fraction of sp³-hybridized carbons (Fsp3) is 1.00. The Kier molecular flexibility index (Phi) is 9.12. The second-order valence-corrected chi connectivity index (χ2v) is 7.63. The lowest BCUT2D eigenvalue weighted by atomic mass is 9.90. The smallest absolute Gasteiger partial charge is 0.369 e. The summed E-state index contributed by atoms with van der Waals surface area (Å²) in [7, 11) is 0. The molecular formula is C16H17F17O3. The van der Waals surface area contributed by atoms with E-state index in [2.05, 4.69) is 9.47 Å². The van der Waals surface area contributed by atoms with E-state index in [0.29, 0.717) is 6.92 Å². The predicted octanol–water partition coefficient (Wildman–Crippen LogP) is 6.88. The van der Waals surface area contributed by atoms with E-state index in [9.17, 15) is 74.6 Å². The molecule has 0 aromatic heterocycles. The number of rotatable bonds is 11. The molecule has 0 spiro atoms. The third kappa shape index (κ3) is 5.44. The number of ether oxygens (including phenoxy) is 2. The molecule has 0 aliphatic rings. The molecule has 0 aliphatic heterocycles. The fourth-order valence-electron chi connectivity index (χ4n) is 2.28. The maximum Gasteiger partial charge on any atom is 0.432 e. The lowest BCUT2D eigenvalue weighted by Gasteiger charge is -2.42. The minimum Gasteiger partial charge on any atom is -0.369 e. The first-order valence-corrected chi connectivity index (χ1v) is 9.11. The van der Waals surface area contributed by atoms with Crippen LogP contribution in [-0.4, -0.2) is 70.9 Å².